The minimum absolute atomic E-state index is 0.143. The van der Waals surface area contributed by atoms with Gasteiger partial charge in [0.1, 0.15) is 6.10 Å². The topological polar surface area (TPSA) is 74.3 Å². The van der Waals surface area contributed by atoms with E-state index in [2.05, 4.69) is 33.8 Å². The first-order valence-electron chi connectivity index (χ1n) is 9.45. The monoisotopic (exact) mass is 377 g/mol. The van der Waals surface area contributed by atoms with Crippen LogP contribution in [0.2, 0.25) is 0 Å². The first-order valence-corrected chi connectivity index (χ1v) is 9.45. The van der Waals surface area contributed by atoms with E-state index in [9.17, 15) is 4.79 Å². The van der Waals surface area contributed by atoms with Crippen LogP contribution in [0.4, 0.5) is 0 Å². The van der Waals surface area contributed by atoms with Crippen molar-refractivity contribution in [1.29, 1.82) is 0 Å². The second-order valence-corrected chi connectivity index (χ2v) is 7.13. The Morgan fingerprint density at radius 3 is 2.79 bits per heavy atom. The molecule has 0 radical (unpaired) electrons. The zero-order valence-corrected chi connectivity index (χ0v) is 16.3. The fourth-order valence-corrected chi connectivity index (χ4v) is 3.74. The zero-order valence-electron chi connectivity index (χ0n) is 16.3. The van der Waals surface area contributed by atoms with Gasteiger partial charge in [0, 0.05) is 12.6 Å². The molecule has 0 amide bonds. The lowest BCUT2D eigenvalue weighted by molar-refractivity contribution is 0.0731. The molecule has 1 unspecified atom stereocenters. The Labute approximate surface area is 163 Å². The standard InChI is InChI=1S/C21H23N5O2/c1-14-7-4-12-20(26-21(27)25(3)23-24-26)19(14)13-22-28-15(2)17-10-5-8-16-9-6-11-18(16)17/h4-5,7-8,10,12-13,15H,6,9,11H2,1-3H3. The molecule has 28 heavy (non-hydrogen) atoms. The third-order valence-electron chi connectivity index (χ3n) is 5.27. The maximum Gasteiger partial charge on any atom is 0.368 e. The quantitative estimate of drug-likeness (QED) is 0.506. The number of nitrogens with zero attached hydrogens (tertiary/aromatic N) is 5. The molecular formula is C21H23N5O2. The van der Waals surface area contributed by atoms with Crippen molar-refractivity contribution in [2.24, 2.45) is 12.2 Å². The minimum Gasteiger partial charge on any atom is -0.388 e. The highest BCUT2D eigenvalue weighted by atomic mass is 16.6. The summed E-state index contributed by atoms with van der Waals surface area (Å²) in [5, 5.41) is 11.9. The van der Waals surface area contributed by atoms with Crippen LogP contribution in [0.25, 0.3) is 5.69 Å². The third kappa shape index (κ3) is 3.24. The number of tetrazole rings is 1. The highest BCUT2D eigenvalue weighted by molar-refractivity contribution is 5.86. The molecule has 4 rings (SSSR count). The molecule has 0 aliphatic heterocycles. The average Bonchev–Trinajstić information content (AvgIpc) is 3.30. The molecule has 0 bridgehead atoms. The molecule has 7 heteroatoms. The predicted octanol–water partition coefficient (Wildman–Crippen LogP) is 2.87. The summed E-state index contributed by atoms with van der Waals surface area (Å²) in [7, 11) is 1.57. The van der Waals surface area contributed by atoms with E-state index in [-0.39, 0.29) is 11.8 Å². The smallest absolute Gasteiger partial charge is 0.368 e. The summed E-state index contributed by atoms with van der Waals surface area (Å²) in [5.74, 6) is 0. The van der Waals surface area contributed by atoms with Crippen LogP contribution in [0, 0.1) is 6.92 Å². The van der Waals surface area contributed by atoms with Crippen molar-refractivity contribution in [2.75, 3.05) is 0 Å². The molecule has 0 N–H and O–H groups in total. The molecule has 1 aliphatic carbocycles. The molecule has 1 aliphatic rings. The first kappa shape index (κ1) is 18.2. The number of hydrogen-bond donors (Lipinski definition) is 0. The van der Waals surface area contributed by atoms with Crippen molar-refractivity contribution in [3.63, 3.8) is 0 Å². The van der Waals surface area contributed by atoms with E-state index in [0.29, 0.717) is 5.69 Å². The van der Waals surface area contributed by atoms with Crippen molar-refractivity contribution in [1.82, 2.24) is 19.8 Å². The number of fused-ring (bicyclic) bond motifs is 1. The predicted molar refractivity (Wildman–Crippen MR) is 107 cm³/mol. The van der Waals surface area contributed by atoms with Crippen LogP contribution in [0.1, 0.15) is 47.3 Å². The van der Waals surface area contributed by atoms with Gasteiger partial charge in [-0.15, -0.1) is 0 Å². The molecule has 1 heterocycles. The van der Waals surface area contributed by atoms with E-state index in [1.807, 2.05) is 32.0 Å². The minimum atomic E-state index is -0.311. The Morgan fingerprint density at radius 1 is 1.18 bits per heavy atom. The summed E-state index contributed by atoms with van der Waals surface area (Å²) in [6.45, 7) is 3.97. The van der Waals surface area contributed by atoms with Crippen molar-refractivity contribution in [2.45, 2.75) is 39.2 Å². The fourth-order valence-electron chi connectivity index (χ4n) is 3.74. The SMILES string of the molecule is Cc1cccc(-n2nnn(C)c2=O)c1C=NOC(C)c1cccc2c1CCC2. The Kier molecular flexibility index (Phi) is 4.81. The van der Waals surface area contributed by atoms with Crippen LogP contribution in [0.3, 0.4) is 0 Å². The average molecular weight is 377 g/mol. The molecule has 0 fully saturated rings. The molecule has 1 atom stereocenters. The van der Waals surface area contributed by atoms with Gasteiger partial charge in [0.25, 0.3) is 0 Å². The van der Waals surface area contributed by atoms with E-state index >= 15 is 0 Å². The van der Waals surface area contributed by atoms with E-state index in [4.69, 9.17) is 4.84 Å². The van der Waals surface area contributed by atoms with Gasteiger partial charge < -0.3 is 4.84 Å². The van der Waals surface area contributed by atoms with E-state index in [0.717, 1.165) is 24.0 Å². The Morgan fingerprint density at radius 2 is 2.00 bits per heavy atom. The molecule has 144 valence electrons. The van der Waals surface area contributed by atoms with Gasteiger partial charge in [-0.3, -0.25) is 0 Å². The molecular weight excluding hydrogens is 354 g/mol. The van der Waals surface area contributed by atoms with Crippen molar-refractivity contribution >= 4 is 6.21 Å². The highest BCUT2D eigenvalue weighted by Gasteiger charge is 2.19. The van der Waals surface area contributed by atoms with Gasteiger partial charge in [-0.2, -0.15) is 9.36 Å². The van der Waals surface area contributed by atoms with Gasteiger partial charge >= 0.3 is 5.69 Å². The molecule has 7 nitrogen and oxygen atoms in total. The lowest BCUT2D eigenvalue weighted by Gasteiger charge is -2.14. The number of benzene rings is 2. The molecule has 2 aromatic carbocycles. The summed E-state index contributed by atoms with van der Waals surface area (Å²) in [5.41, 5.74) is 6.06. The second kappa shape index (κ2) is 7.42. The van der Waals surface area contributed by atoms with Crippen molar-refractivity contribution in [3.05, 3.63) is 74.7 Å². The third-order valence-corrected chi connectivity index (χ3v) is 5.27. The van der Waals surface area contributed by atoms with Gasteiger partial charge in [0.05, 0.1) is 11.9 Å². The summed E-state index contributed by atoms with van der Waals surface area (Å²) >= 11 is 0. The van der Waals surface area contributed by atoms with Crippen LogP contribution >= 0.6 is 0 Å². The van der Waals surface area contributed by atoms with Crippen LogP contribution in [-0.4, -0.2) is 26.0 Å². The zero-order chi connectivity index (χ0) is 19.7. The number of aryl methyl sites for hydroxylation is 3. The maximum absolute atomic E-state index is 12.2. The largest absolute Gasteiger partial charge is 0.388 e. The summed E-state index contributed by atoms with van der Waals surface area (Å²) in [6, 6.07) is 12.0. The maximum atomic E-state index is 12.2. The van der Waals surface area contributed by atoms with Crippen LogP contribution in [0.5, 0.6) is 0 Å². The Bertz CT molecular complexity index is 1100. The lowest BCUT2D eigenvalue weighted by Crippen LogP contribution is -2.23. The summed E-state index contributed by atoms with van der Waals surface area (Å²) in [6.07, 6.45) is 4.93. The summed E-state index contributed by atoms with van der Waals surface area (Å²) < 4.78 is 2.46. The fraction of sp³-hybridized carbons (Fsp3) is 0.333. The number of aromatic nitrogens is 4. The van der Waals surface area contributed by atoms with Gasteiger partial charge in [-0.25, -0.2) is 4.79 Å². The van der Waals surface area contributed by atoms with Crippen LogP contribution < -0.4 is 5.69 Å². The molecule has 0 saturated carbocycles. The lowest BCUT2D eigenvalue weighted by atomic mass is 10.00. The molecule has 3 aromatic rings. The molecule has 1 aromatic heterocycles. The van der Waals surface area contributed by atoms with E-state index in [1.54, 1.807) is 13.3 Å². The van der Waals surface area contributed by atoms with Gasteiger partial charge in [0.2, 0.25) is 0 Å². The van der Waals surface area contributed by atoms with E-state index in [1.165, 1.54) is 32.5 Å². The normalized spacial score (nSPS) is 14.4. The molecule has 0 saturated heterocycles. The Balaban J connectivity index is 1.60. The van der Waals surface area contributed by atoms with Gasteiger partial charge in [-0.05, 0) is 71.9 Å². The first-order chi connectivity index (χ1) is 13.6. The van der Waals surface area contributed by atoms with E-state index < -0.39 is 0 Å². The molecule has 0 spiro atoms. The highest BCUT2D eigenvalue weighted by Crippen LogP contribution is 2.30. The van der Waals surface area contributed by atoms with Gasteiger partial charge in [-0.1, -0.05) is 35.5 Å². The number of rotatable bonds is 5. The van der Waals surface area contributed by atoms with Crippen LogP contribution in [0.15, 0.2) is 46.3 Å². The number of hydrogen-bond acceptors (Lipinski definition) is 5. The van der Waals surface area contributed by atoms with Gasteiger partial charge in [0.15, 0.2) is 0 Å². The second-order valence-electron chi connectivity index (χ2n) is 7.13. The van der Waals surface area contributed by atoms with Crippen molar-refractivity contribution < 1.29 is 4.84 Å². The van der Waals surface area contributed by atoms with Crippen LogP contribution in [-0.2, 0) is 24.7 Å². The number of oxime groups is 1. The summed E-state index contributed by atoms with van der Waals surface area (Å²) in [4.78, 5) is 18.0. The Hall–Kier alpha value is -3.22. The van der Waals surface area contributed by atoms with Crippen molar-refractivity contribution in [3.8, 4) is 5.69 Å².